The number of anilines is 1. The van der Waals surface area contributed by atoms with Crippen molar-refractivity contribution in [3.63, 3.8) is 0 Å². The van der Waals surface area contributed by atoms with Gasteiger partial charge in [0, 0.05) is 17.6 Å². The monoisotopic (exact) mass is 613 g/mol. The van der Waals surface area contributed by atoms with Crippen molar-refractivity contribution in [3.8, 4) is 0 Å². The van der Waals surface area contributed by atoms with E-state index >= 15 is 0 Å². The van der Waals surface area contributed by atoms with Gasteiger partial charge in [0.2, 0.25) is 11.8 Å². The van der Waals surface area contributed by atoms with Crippen LogP contribution < -0.4 is 9.62 Å². The first-order chi connectivity index (χ1) is 18.4. The molecule has 0 heterocycles. The highest BCUT2D eigenvalue weighted by Crippen LogP contribution is 2.28. The van der Waals surface area contributed by atoms with Gasteiger partial charge in [0.05, 0.1) is 10.6 Å². The van der Waals surface area contributed by atoms with Crippen molar-refractivity contribution in [3.05, 3.63) is 94.0 Å². The molecule has 3 rings (SSSR count). The minimum absolute atomic E-state index is 0.0824. The smallest absolute Gasteiger partial charge is 0.264 e. The summed E-state index contributed by atoms with van der Waals surface area (Å²) in [5.74, 6) is -0.538. The highest BCUT2D eigenvalue weighted by Gasteiger charge is 2.33. The molecular formula is C30H36BrN3O4S. The number of nitrogens with zero attached hydrogens (tertiary/aromatic N) is 2. The zero-order valence-corrected chi connectivity index (χ0v) is 25.4. The van der Waals surface area contributed by atoms with Gasteiger partial charge >= 0.3 is 0 Å². The summed E-state index contributed by atoms with van der Waals surface area (Å²) in [5, 5.41) is 2.90. The quantitative estimate of drug-likeness (QED) is 0.311. The lowest BCUT2D eigenvalue weighted by atomic mass is 10.1. The predicted molar refractivity (Wildman–Crippen MR) is 159 cm³/mol. The summed E-state index contributed by atoms with van der Waals surface area (Å²) in [6.45, 7) is 9.54. The molecule has 0 bridgehead atoms. The summed E-state index contributed by atoms with van der Waals surface area (Å²) >= 11 is 3.46. The maximum absolute atomic E-state index is 14.0. The molecule has 208 valence electrons. The van der Waals surface area contributed by atoms with Crippen LogP contribution in [0.1, 0.15) is 37.5 Å². The van der Waals surface area contributed by atoms with Crippen LogP contribution in [-0.4, -0.2) is 44.3 Å². The van der Waals surface area contributed by atoms with Crippen LogP contribution in [0.4, 0.5) is 5.69 Å². The zero-order valence-electron chi connectivity index (χ0n) is 23.0. The van der Waals surface area contributed by atoms with E-state index in [0.717, 1.165) is 25.5 Å². The van der Waals surface area contributed by atoms with Crippen LogP contribution in [0.2, 0.25) is 0 Å². The van der Waals surface area contributed by atoms with Gasteiger partial charge in [-0.05, 0) is 68.1 Å². The first kappa shape index (κ1) is 30.4. The highest BCUT2D eigenvalue weighted by molar-refractivity contribution is 9.10. The fraction of sp³-hybridized carbons (Fsp3) is 0.333. The van der Waals surface area contributed by atoms with Crippen molar-refractivity contribution in [2.45, 2.75) is 52.1 Å². The summed E-state index contributed by atoms with van der Waals surface area (Å²) in [4.78, 5) is 28.6. The van der Waals surface area contributed by atoms with Gasteiger partial charge < -0.3 is 10.2 Å². The van der Waals surface area contributed by atoms with Crippen molar-refractivity contribution >= 4 is 43.5 Å². The molecule has 9 heteroatoms. The number of amides is 2. The average Bonchev–Trinajstić information content (AvgIpc) is 2.89. The van der Waals surface area contributed by atoms with Gasteiger partial charge in [0.1, 0.15) is 12.6 Å². The van der Waals surface area contributed by atoms with Gasteiger partial charge in [-0.2, -0.15) is 0 Å². The molecule has 0 spiro atoms. The molecule has 1 atom stereocenters. The molecular weight excluding hydrogens is 578 g/mol. The third-order valence-corrected chi connectivity index (χ3v) is 8.59. The first-order valence-electron chi connectivity index (χ1n) is 12.9. The summed E-state index contributed by atoms with van der Waals surface area (Å²) in [6, 6.07) is 20.1. The molecule has 0 aromatic heterocycles. The number of halogens is 1. The van der Waals surface area contributed by atoms with E-state index < -0.39 is 28.5 Å². The van der Waals surface area contributed by atoms with Crippen LogP contribution >= 0.6 is 15.9 Å². The van der Waals surface area contributed by atoms with Crippen LogP contribution in [0.15, 0.2) is 82.2 Å². The number of carbonyl (C=O) groups is 2. The maximum atomic E-state index is 14.0. The SMILES string of the molecule is Cc1ccc(N(CC(=O)N(Cc2cccc(Br)c2)C(C)C(=O)NCC(C)C)S(=O)(=O)c2ccccc2)c(C)c1. The Morgan fingerprint density at radius 3 is 2.23 bits per heavy atom. The molecule has 0 saturated carbocycles. The van der Waals surface area contributed by atoms with E-state index in [4.69, 9.17) is 0 Å². The maximum Gasteiger partial charge on any atom is 0.264 e. The molecule has 0 radical (unpaired) electrons. The van der Waals surface area contributed by atoms with Gasteiger partial charge in [0.15, 0.2) is 0 Å². The van der Waals surface area contributed by atoms with Gasteiger partial charge in [0.25, 0.3) is 10.0 Å². The van der Waals surface area contributed by atoms with Crippen LogP contribution in [0.3, 0.4) is 0 Å². The number of sulfonamides is 1. The van der Waals surface area contributed by atoms with Crippen LogP contribution in [0.25, 0.3) is 0 Å². The lowest BCUT2D eigenvalue weighted by Gasteiger charge is -2.32. The van der Waals surface area contributed by atoms with Crippen molar-refractivity contribution in [1.29, 1.82) is 0 Å². The Labute approximate surface area is 240 Å². The third kappa shape index (κ3) is 7.92. The first-order valence-corrected chi connectivity index (χ1v) is 15.1. The number of nitrogens with one attached hydrogen (secondary N) is 1. The lowest BCUT2D eigenvalue weighted by molar-refractivity contribution is -0.139. The minimum Gasteiger partial charge on any atom is -0.354 e. The molecule has 7 nitrogen and oxygen atoms in total. The van der Waals surface area contributed by atoms with Crippen LogP contribution in [-0.2, 0) is 26.2 Å². The van der Waals surface area contributed by atoms with Crippen molar-refractivity contribution in [2.75, 3.05) is 17.4 Å². The van der Waals surface area contributed by atoms with Gasteiger partial charge in [-0.15, -0.1) is 0 Å². The van der Waals surface area contributed by atoms with E-state index in [0.29, 0.717) is 12.2 Å². The second-order valence-electron chi connectivity index (χ2n) is 10.1. The Morgan fingerprint density at radius 1 is 0.923 bits per heavy atom. The molecule has 1 unspecified atom stereocenters. The molecule has 0 saturated heterocycles. The second kappa shape index (κ2) is 13.3. The normalized spacial score (nSPS) is 12.2. The summed E-state index contributed by atoms with van der Waals surface area (Å²) in [6.07, 6.45) is 0. The number of hydrogen-bond donors (Lipinski definition) is 1. The highest BCUT2D eigenvalue weighted by atomic mass is 79.9. The number of benzene rings is 3. The molecule has 0 aliphatic heterocycles. The zero-order chi connectivity index (χ0) is 28.7. The van der Waals surface area contributed by atoms with Crippen LogP contribution in [0.5, 0.6) is 0 Å². The topological polar surface area (TPSA) is 86.8 Å². The predicted octanol–water partition coefficient (Wildman–Crippen LogP) is 5.45. The van der Waals surface area contributed by atoms with E-state index in [1.165, 1.54) is 17.0 Å². The molecule has 3 aromatic rings. The molecule has 2 amide bonds. The molecule has 1 N–H and O–H groups in total. The number of aryl methyl sites for hydroxylation is 2. The van der Waals surface area contributed by atoms with E-state index in [-0.39, 0.29) is 23.3 Å². The molecule has 0 fully saturated rings. The van der Waals surface area contributed by atoms with E-state index in [1.54, 1.807) is 31.2 Å². The van der Waals surface area contributed by atoms with E-state index in [9.17, 15) is 18.0 Å². The third-order valence-electron chi connectivity index (χ3n) is 6.32. The lowest BCUT2D eigenvalue weighted by Crippen LogP contribution is -2.51. The Bertz CT molecular complexity index is 1410. The van der Waals surface area contributed by atoms with Gasteiger partial charge in [-0.1, -0.05) is 77.8 Å². The van der Waals surface area contributed by atoms with Crippen molar-refractivity contribution < 1.29 is 18.0 Å². The van der Waals surface area contributed by atoms with Crippen molar-refractivity contribution in [1.82, 2.24) is 10.2 Å². The van der Waals surface area contributed by atoms with Crippen LogP contribution in [0, 0.1) is 19.8 Å². The summed E-state index contributed by atoms with van der Waals surface area (Å²) in [7, 11) is -4.09. The molecule has 0 aliphatic carbocycles. The van der Waals surface area contributed by atoms with Crippen molar-refractivity contribution in [2.24, 2.45) is 5.92 Å². The largest absolute Gasteiger partial charge is 0.354 e. The van der Waals surface area contributed by atoms with E-state index in [2.05, 4.69) is 21.2 Å². The fourth-order valence-electron chi connectivity index (χ4n) is 4.19. The Kier molecular flexibility index (Phi) is 10.3. The average molecular weight is 615 g/mol. The van der Waals surface area contributed by atoms with Gasteiger partial charge in [-0.3, -0.25) is 13.9 Å². The minimum atomic E-state index is -4.09. The standard InChI is InChI=1S/C30H36BrN3O4S/c1-21(2)18-32-30(36)24(5)33(19-25-10-9-11-26(31)17-25)29(35)20-34(28-15-14-22(3)16-23(28)4)39(37,38)27-12-7-6-8-13-27/h6-17,21,24H,18-20H2,1-5H3,(H,32,36). The second-order valence-corrected chi connectivity index (χ2v) is 12.9. The number of hydrogen-bond acceptors (Lipinski definition) is 4. The van der Waals surface area contributed by atoms with Gasteiger partial charge in [-0.25, -0.2) is 8.42 Å². The summed E-state index contributed by atoms with van der Waals surface area (Å²) < 4.78 is 29.7. The molecule has 0 aliphatic rings. The van der Waals surface area contributed by atoms with E-state index in [1.807, 2.05) is 64.1 Å². The Morgan fingerprint density at radius 2 is 1.62 bits per heavy atom. The Balaban J connectivity index is 2.03. The molecule has 39 heavy (non-hydrogen) atoms. The molecule has 3 aromatic carbocycles. The Hall–Kier alpha value is -3.17. The number of carbonyl (C=O) groups excluding carboxylic acids is 2. The number of rotatable bonds is 11. The fourth-order valence-corrected chi connectivity index (χ4v) is 6.13. The summed E-state index contributed by atoms with van der Waals surface area (Å²) in [5.41, 5.74) is 2.93.